The van der Waals surface area contributed by atoms with Crippen LogP contribution in [0.25, 0.3) is 0 Å². The lowest BCUT2D eigenvalue weighted by atomic mass is 9.89. The molecule has 2 heterocycles. The first-order chi connectivity index (χ1) is 15.6. The third-order valence-electron chi connectivity index (χ3n) is 5.41. The molecule has 170 valence electrons. The van der Waals surface area contributed by atoms with Gasteiger partial charge in [-0.15, -0.1) is 16.8 Å². The molecule has 1 aliphatic carbocycles. The Morgan fingerprint density at radius 1 is 1.16 bits per heavy atom. The summed E-state index contributed by atoms with van der Waals surface area (Å²) >= 11 is 1.26. The molecule has 0 atom stereocenters. The Balaban J connectivity index is 1.31. The molecule has 2 N–H and O–H groups in total. The van der Waals surface area contributed by atoms with E-state index in [1.54, 1.807) is 24.3 Å². The van der Waals surface area contributed by atoms with Crippen molar-refractivity contribution in [3.8, 4) is 11.5 Å². The maximum absolute atomic E-state index is 12.3. The predicted molar refractivity (Wildman–Crippen MR) is 121 cm³/mol. The zero-order valence-corrected chi connectivity index (χ0v) is 18.7. The van der Waals surface area contributed by atoms with E-state index in [1.807, 2.05) is 4.57 Å². The number of urea groups is 1. The van der Waals surface area contributed by atoms with Gasteiger partial charge in [-0.1, -0.05) is 37.1 Å². The van der Waals surface area contributed by atoms with E-state index < -0.39 is 11.9 Å². The molecule has 1 aliphatic heterocycles. The van der Waals surface area contributed by atoms with Crippen molar-refractivity contribution in [2.24, 2.45) is 0 Å². The van der Waals surface area contributed by atoms with Crippen LogP contribution >= 0.6 is 11.8 Å². The minimum absolute atomic E-state index is 0.0501. The largest absolute Gasteiger partial charge is 0.486 e. The molecule has 1 aromatic heterocycles. The second-order valence-corrected chi connectivity index (χ2v) is 8.67. The Labute approximate surface area is 190 Å². The molecule has 9 nitrogen and oxygen atoms in total. The summed E-state index contributed by atoms with van der Waals surface area (Å²) in [4.78, 5) is 24.5. The van der Waals surface area contributed by atoms with Crippen LogP contribution < -0.4 is 20.1 Å². The standard InChI is InChI=1S/C22H27N5O4S/c1-2-10-27-20(15-6-4-3-5-7-15)25-26-22(27)32-14-19(28)24-21(29)23-16-8-9-17-18(13-16)31-12-11-30-17/h2,8-9,13,15H,1,3-7,10-12,14H2,(H2,23,24,28,29). The molecule has 4 rings (SSSR count). The average molecular weight is 458 g/mol. The van der Waals surface area contributed by atoms with Crippen LogP contribution in [0.4, 0.5) is 10.5 Å². The summed E-state index contributed by atoms with van der Waals surface area (Å²) in [5.41, 5.74) is 0.509. The summed E-state index contributed by atoms with van der Waals surface area (Å²) in [6.45, 7) is 5.37. The van der Waals surface area contributed by atoms with Crippen LogP contribution in [0.2, 0.25) is 0 Å². The molecule has 1 aromatic carbocycles. The highest BCUT2D eigenvalue weighted by Gasteiger charge is 2.23. The zero-order valence-electron chi connectivity index (χ0n) is 17.8. The average Bonchev–Trinajstić information content (AvgIpc) is 3.21. The van der Waals surface area contributed by atoms with E-state index in [1.165, 1.54) is 31.0 Å². The van der Waals surface area contributed by atoms with E-state index in [4.69, 9.17) is 9.47 Å². The highest BCUT2D eigenvalue weighted by Crippen LogP contribution is 2.34. The topological polar surface area (TPSA) is 107 Å². The Morgan fingerprint density at radius 3 is 2.72 bits per heavy atom. The van der Waals surface area contributed by atoms with Crippen molar-refractivity contribution >= 4 is 29.4 Å². The number of rotatable bonds is 7. The maximum Gasteiger partial charge on any atom is 0.325 e. The number of carbonyl (C=O) groups is 2. The van der Waals surface area contributed by atoms with Gasteiger partial charge < -0.3 is 19.4 Å². The number of imide groups is 1. The smallest absolute Gasteiger partial charge is 0.325 e. The second kappa shape index (κ2) is 10.5. The lowest BCUT2D eigenvalue weighted by Gasteiger charge is -2.21. The molecule has 0 bridgehead atoms. The van der Waals surface area contributed by atoms with Crippen molar-refractivity contribution in [1.29, 1.82) is 0 Å². The number of amides is 3. The van der Waals surface area contributed by atoms with E-state index in [2.05, 4.69) is 27.4 Å². The van der Waals surface area contributed by atoms with Gasteiger partial charge in [-0.3, -0.25) is 10.1 Å². The first-order valence-electron chi connectivity index (χ1n) is 10.8. The van der Waals surface area contributed by atoms with Crippen molar-refractivity contribution in [2.45, 2.75) is 49.7 Å². The number of nitrogens with one attached hydrogen (secondary N) is 2. The maximum atomic E-state index is 12.3. The number of benzene rings is 1. The number of anilines is 1. The second-order valence-electron chi connectivity index (χ2n) is 7.72. The number of allylic oxidation sites excluding steroid dienone is 1. The Hall–Kier alpha value is -3.01. The third kappa shape index (κ3) is 5.42. The number of nitrogens with zero attached hydrogens (tertiary/aromatic N) is 3. The van der Waals surface area contributed by atoms with E-state index in [0.29, 0.717) is 48.0 Å². The Kier molecular flexibility index (Phi) is 7.31. The number of carbonyl (C=O) groups excluding carboxylic acids is 2. The number of hydrogen-bond acceptors (Lipinski definition) is 7. The normalized spacial score (nSPS) is 15.8. The van der Waals surface area contributed by atoms with E-state index >= 15 is 0 Å². The van der Waals surface area contributed by atoms with Crippen molar-refractivity contribution in [3.05, 3.63) is 36.7 Å². The Bertz CT molecular complexity index is 987. The summed E-state index contributed by atoms with van der Waals surface area (Å²) in [5.74, 6) is 2.18. The van der Waals surface area contributed by atoms with Crippen LogP contribution in [0.1, 0.15) is 43.8 Å². The molecule has 32 heavy (non-hydrogen) atoms. The quantitative estimate of drug-likeness (QED) is 0.482. The van der Waals surface area contributed by atoms with Crippen molar-refractivity contribution in [1.82, 2.24) is 20.1 Å². The summed E-state index contributed by atoms with van der Waals surface area (Å²) in [7, 11) is 0. The van der Waals surface area contributed by atoms with Gasteiger partial charge in [0.25, 0.3) is 0 Å². The lowest BCUT2D eigenvalue weighted by molar-refractivity contribution is -0.117. The molecule has 0 unspecified atom stereocenters. The fraction of sp³-hybridized carbons (Fsp3) is 0.455. The van der Waals surface area contributed by atoms with Crippen molar-refractivity contribution in [3.63, 3.8) is 0 Å². The number of hydrogen-bond donors (Lipinski definition) is 2. The summed E-state index contributed by atoms with van der Waals surface area (Å²) in [6.07, 6.45) is 7.70. The molecular formula is C22H27N5O4S. The predicted octanol–water partition coefficient (Wildman–Crippen LogP) is 3.72. The first kappa shape index (κ1) is 22.2. The van der Waals surface area contributed by atoms with Crippen molar-refractivity contribution < 1.29 is 19.1 Å². The molecule has 1 saturated carbocycles. The van der Waals surface area contributed by atoms with Gasteiger partial charge in [-0.05, 0) is 25.0 Å². The van der Waals surface area contributed by atoms with E-state index in [-0.39, 0.29) is 5.75 Å². The molecular weight excluding hydrogens is 430 g/mol. The fourth-order valence-electron chi connectivity index (χ4n) is 3.95. The number of aromatic nitrogens is 3. The third-order valence-corrected chi connectivity index (χ3v) is 6.38. The SMILES string of the molecule is C=CCn1c(SCC(=O)NC(=O)Nc2ccc3c(c2)OCCO3)nnc1C1CCCCC1. The lowest BCUT2D eigenvalue weighted by Crippen LogP contribution is -2.35. The zero-order chi connectivity index (χ0) is 22.3. The van der Waals surface area contributed by atoms with Crippen LogP contribution in [0, 0.1) is 0 Å². The van der Waals surface area contributed by atoms with Crippen molar-refractivity contribution in [2.75, 3.05) is 24.3 Å². The van der Waals surface area contributed by atoms with Gasteiger partial charge in [0.2, 0.25) is 5.91 Å². The molecule has 2 aliphatic rings. The van der Waals surface area contributed by atoms with Gasteiger partial charge in [-0.25, -0.2) is 4.79 Å². The van der Waals surface area contributed by atoms with Crippen LogP contribution in [0.15, 0.2) is 36.0 Å². The first-order valence-corrected chi connectivity index (χ1v) is 11.8. The summed E-state index contributed by atoms with van der Waals surface area (Å²) < 4.78 is 13.0. The number of thioether (sulfide) groups is 1. The number of fused-ring (bicyclic) bond motifs is 1. The van der Waals surface area contributed by atoms with E-state index in [9.17, 15) is 9.59 Å². The summed E-state index contributed by atoms with van der Waals surface area (Å²) in [6, 6.07) is 4.47. The molecule has 1 fully saturated rings. The molecule has 0 radical (unpaired) electrons. The minimum Gasteiger partial charge on any atom is -0.486 e. The van der Waals surface area contributed by atoms with E-state index in [0.717, 1.165) is 18.7 Å². The van der Waals surface area contributed by atoms with Crippen LogP contribution in [-0.4, -0.2) is 45.7 Å². The van der Waals surface area contributed by atoms with Gasteiger partial charge in [0.05, 0.1) is 5.75 Å². The minimum atomic E-state index is -0.609. The van der Waals surface area contributed by atoms with Gasteiger partial charge in [0.15, 0.2) is 16.7 Å². The van der Waals surface area contributed by atoms with Gasteiger partial charge in [0, 0.05) is 24.2 Å². The highest BCUT2D eigenvalue weighted by atomic mass is 32.2. The van der Waals surface area contributed by atoms with Gasteiger partial charge in [0.1, 0.15) is 19.0 Å². The molecule has 0 saturated heterocycles. The molecule has 3 amide bonds. The van der Waals surface area contributed by atoms with Crippen LogP contribution in [0.5, 0.6) is 11.5 Å². The van der Waals surface area contributed by atoms with Crippen LogP contribution in [0.3, 0.4) is 0 Å². The van der Waals surface area contributed by atoms with Gasteiger partial charge in [-0.2, -0.15) is 0 Å². The summed E-state index contributed by atoms with van der Waals surface area (Å²) in [5, 5.41) is 14.3. The fourth-order valence-corrected chi connectivity index (χ4v) is 4.70. The van der Waals surface area contributed by atoms with Gasteiger partial charge >= 0.3 is 6.03 Å². The Morgan fingerprint density at radius 2 is 1.94 bits per heavy atom. The molecule has 2 aromatic rings. The molecule has 10 heteroatoms. The monoisotopic (exact) mass is 457 g/mol. The number of ether oxygens (including phenoxy) is 2. The molecule has 0 spiro atoms. The highest BCUT2D eigenvalue weighted by molar-refractivity contribution is 7.99. The van der Waals surface area contributed by atoms with Crippen LogP contribution in [-0.2, 0) is 11.3 Å².